The number of para-hydroxylation sites is 2. The van der Waals surface area contributed by atoms with Crippen molar-refractivity contribution in [3.05, 3.63) is 70.4 Å². The molecule has 0 bridgehead atoms. The molecule has 0 aromatic heterocycles. The minimum absolute atomic E-state index is 0.0821. The van der Waals surface area contributed by atoms with E-state index in [2.05, 4.69) is 36.3 Å². The summed E-state index contributed by atoms with van der Waals surface area (Å²) in [4.78, 5) is 28.3. The number of fused-ring (bicyclic) bond motifs is 1. The number of benzene rings is 2. The predicted octanol–water partition coefficient (Wildman–Crippen LogP) is 5.31. The van der Waals surface area contributed by atoms with Crippen molar-refractivity contribution in [2.45, 2.75) is 52.6 Å². The van der Waals surface area contributed by atoms with Gasteiger partial charge in [-0.05, 0) is 48.1 Å². The molecule has 1 aliphatic heterocycles. The Morgan fingerprint density at radius 2 is 1.88 bits per heavy atom. The molecule has 32 heavy (non-hydrogen) atoms. The first-order chi connectivity index (χ1) is 15.3. The van der Waals surface area contributed by atoms with Crippen molar-refractivity contribution in [3.8, 4) is 0 Å². The Kier molecular flexibility index (Phi) is 6.29. The zero-order valence-corrected chi connectivity index (χ0v) is 19.6. The fourth-order valence-corrected chi connectivity index (χ4v) is 4.91. The molecule has 0 saturated carbocycles. The summed E-state index contributed by atoms with van der Waals surface area (Å²) in [6.45, 7) is 6.96. The lowest BCUT2D eigenvalue weighted by molar-refractivity contribution is -0.120. The molecule has 168 valence electrons. The van der Waals surface area contributed by atoms with Crippen molar-refractivity contribution >= 4 is 34.7 Å². The number of nitrogens with one attached hydrogen (secondary N) is 2. The summed E-state index contributed by atoms with van der Waals surface area (Å²) in [5, 5.41) is 7.23. The summed E-state index contributed by atoms with van der Waals surface area (Å²) in [5.74, 6) is 0.0934. The second kappa shape index (κ2) is 8.99. The molecule has 0 spiro atoms. The van der Waals surface area contributed by atoms with Gasteiger partial charge in [-0.1, -0.05) is 56.6 Å². The number of ketones is 1. The van der Waals surface area contributed by atoms with Crippen molar-refractivity contribution < 1.29 is 9.59 Å². The Labute approximate surface area is 194 Å². The monoisotopic (exact) mass is 451 g/mol. The fraction of sp³-hybridized carbons (Fsp3) is 0.385. The summed E-state index contributed by atoms with van der Waals surface area (Å²) < 4.78 is 0. The lowest BCUT2D eigenvalue weighted by atomic mass is 9.74. The van der Waals surface area contributed by atoms with Gasteiger partial charge in [-0.15, -0.1) is 0 Å². The van der Waals surface area contributed by atoms with E-state index in [9.17, 15) is 9.59 Å². The summed E-state index contributed by atoms with van der Waals surface area (Å²) in [5.41, 5.74) is 4.61. The number of carbonyl (C=O) groups is 2. The SMILES string of the molecule is CC[C@H]1C2=C(CC(C)(C)CC2=O)Nc2ccccc2N1CC(=O)NCc1ccc(Cl)cc1. The minimum Gasteiger partial charge on any atom is -0.357 e. The van der Waals surface area contributed by atoms with E-state index < -0.39 is 0 Å². The number of carbonyl (C=O) groups excluding carboxylic acids is 2. The van der Waals surface area contributed by atoms with Crippen molar-refractivity contribution in [1.29, 1.82) is 0 Å². The van der Waals surface area contributed by atoms with E-state index in [0.717, 1.165) is 41.1 Å². The van der Waals surface area contributed by atoms with Crippen LogP contribution in [0, 0.1) is 5.41 Å². The standard InChI is InChI=1S/C26H30ClN3O2/c1-4-21-25-20(13-26(2,3)14-23(25)31)29-19-7-5-6-8-22(19)30(21)16-24(32)28-15-17-9-11-18(27)12-10-17/h5-12,21,29H,4,13-16H2,1-3H3,(H,28,32)/t21-/m0/s1. The average molecular weight is 452 g/mol. The second-order valence-corrected chi connectivity index (χ2v) is 9.87. The van der Waals surface area contributed by atoms with Gasteiger partial charge in [0.25, 0.3) is 0 Å². The molecule has 0 saturated heterocycles. The number of amides is 1. The predicted molar refractivity (Wildman–Crippen MR) is 130 cm³/mol. The van der Waals surface area contributed by atoms with Crippen LogP contribution in [0.3, 0.4) is 0 Å². The average Bonchev–Trinajstić information content (AvgIpc) is 2.86. The number of halogens is 1. The maximum Gasteiger partial charge on any atom is 0.239 e. The van der Waals surface area contributed by atoms with E-state index in [1.54, 1.807) is 0 Å². The van der Waals surface area contributed by atoms with Crippen LogP contribution in [-0.4, -0.2) is 24.3 Å². The Balaban J connectivity index is 1.62. The molecule has 6 heteroatoms. The highest BCUT2D eigenvalue weighted by Gasteiger charge is 2.40. The minimum atomic E-state index is -0.147. The number of Topliss-reactive ketones (excluding diaryl/α,β-unsaturated/α-hetero) is 1. The van der Waals surface area contributed by atoms with Gasteiger partial charge < -0.3 is 15.5 Å². The van der Waals surface area contributed by atoms with E-state index in [-0.39, 0.29) is 29.7 Å². The van der Waals surface area contributed by atoms with Gasteiger partial charge >= 0.3 is 0 Å². The van der Waals surface area contributed by atoms with Crippen LogP contribution in [0.2, 0.25) is 5.02 Å². The van der Waals surface area contributed by atoms with Crippen LogP contribution >= 0.6 is 11.6 Å². The van der Waals surface area contributed by atoms with Crippen molar-refractivity contribution in [2.24, 2.45) is 5.41 Å². The zero-order chi connectivity index (χ0) is 22.9. The highest BCUT2D eigenvalue weighted by atomic mass is 35.5. The molecule has 1 amide bonds. The van der Waals surface area contributed by atoms with Gasteiger partial charge in [-0.3, -0.25) is 9.59 Å². The number of rotatable bonds is 5. The van der Waals surface area contributed by atoms with Gasteiger partial charge in [0.1, 0.15) is 0 Å². The largest absolute Gasteiger partial charge is 0.357 e. The molecule has 4 rings (SSSR count). The normalized spacial score (nSPS) is 19.6. The van der Waals surface area contributed by atoms with Crippen molar-refractivity contribution in [3.63, 3.8) is 0 Å². The highest BCUT2D eigenvalue weighted by Crippen LogP contribution is 2.44. The number of hydrogen-bond acceptors (Lipinski definition) is 4. The molecular weight excluding hydrogens is 422 g/mol. The van der Waals surface area contributed by atoms with Crippen LogP contribution in [-0.2, 0) is 16.1 Å². The third kappa shape index (κ3) is 4.68. The van der Waals surface area contributed by atoms with E-state index in [0.29, 0.717) is 18.0 Å². The fourth-order valence-electron chi connectivity index (χ4n) is 4.78. The quantitative estimate of drug-likeness (QED) is 0.646. The molecule has 1 aliphatic carbocycles. The molecular formula is C26H30ClN3O2. The lowest BCUT2D eigenvalue weighted by Crippen LogP contribution is -2.46. The summed E-state index contributed by atoms with van der Waals surface area (Å²) in [6.07, 6.45) is 2.08. The molecule has 0 unspecified atom stereocenters. The second-order valence-electron chi connectivity index (χ2n) is 9.43. The van der Waals surface area contributed by atoms with Gasteiger partial charge in [0, 0.05) is 29.3 Å². The van der Waals surface area contributed by atoms with Crippen LogP contribution in [0.25, 0.3) is 0 Å². The Morgan fingerprint density at radius 3 is 2.59 bits per heavy atom. The Hall–Kier alpha value is -2.79. The molecule has 0 radical (unpaired) electrons. The van der Waals surface area contributed by atoms with Gasteiger partial charge in [-0.25, -0.2) is 0 Å². The van der Waals surface area contributed by atoms with Crippen molar-refractivity contribution in [2.75, 3.05) is 16.8 Å². The first-order valence-electron chi connectivity index (χ1n) is 11.2. The molecule has 1 atom stereocenters. The van der Waals surface area contributed by atoms with Gasteiger partial charge in [0.15, 0.2) is 5.78 Å². The number of anilines is 2. The van der Waals surface area contributed by atoms with E-state index in [4.69, 9.17) is 11.6 Å². The first-order valence-corrected chi connectivity index (χ1v) is 11.6. The van der Waals surface area contributed by atoms with Crippen LogP contribution in [0.1, 0.15) is 45.6 Å². The van der Waals surface area contributed by atoms with Gasteiger partial charge in [-0.2, -0.15) is 0 Å². The number of allylic oxidation sites excluding steroid dienone is 1. The molecule has 5 nitrogen and oxygen atoms in total. The molecule has 2 N–H and O–H groups in total. The topological polar surface area (TPSA) is 61.4 Å². The highest BCUT2D eigenvalue weighted by molar-refractivity contribution is 6.30. The first kappa shape index (κ1) is 22.4. The number of hydrogen-bond donors (Lipinski definition) is 2. The van der Waals surface area contributed by atoms with Crippen LogP contribution in [0.5, 0.6) is 0 Å². The molecule has 2 aliphatic rings. The maximum absolute atomic E-state index is 13.3. The lowest BCUT2D eigenvalue weighted by Gasteiger charge is -2.37. The molecule has 1 heterocycles. The van der Waals surface area contributed by atoms with Gasteiger partial charge in [0.2, 0.25) is 5.91 Å². The molecule has 2 aromatic carbocycles. The summed E-state index contributed by atoms with van der Waals surface area (Å²) >= 11 is 5.95. The van der Waals surface area contributed by atoms with Crippen LogP contribution in [0.15, 0.2) is 59.8 Å². The smallest absolute Gasteiger partial charge is 0.239 e. The van der Waals surface area contributed by atoms with E-state index in [1.807, 2.05) is 48.5 Å². The molecule has 2 aromatic rings. The van der Waals surface area contributed by atoms with E-state index in [1.165, 1.54) is 0 Å². The number of nitrogens with zero attached hydrogens (tertiary/aromatic N) is 1. The van der Waals surface area contributed by atoms with E-state index >= 15 is 0 Å². The Morgan fingerprint density at radius 1 is 1.16 bits per heavy atom. The van der Waals surface area contributed by atoms with Crippen LogP contribution < -0.4 is 15.5 Å². The zero-order valence-electron chi connectivity index (χ0n) is 18.9. The van der Waals surface area contributed by atoms with Crippen molar-refractivity contribution in [1.82, 2.24) is 5.32 Å². The third-order valence-electron chi connectivity index (χ3n) is 6.23. The summed E-state index contributed by atoms with van der Waals surface area (Å²) in [6, 6.07) is 15.3. The summed E-state index contributed by atoms with van der Waals surface area (Å²) in [7, 11) is 0. The van der Waals surface area contributed by atoms with Gasteiger partial charge in [0.05, 0.1) is 24.0 Å². The maximum atomic E-state index is 13.3. The Bertz CT molecular complexity index is 1060. The molecule has 0 fully saturated rings. The van der Waals surface area contributed by atoms with Crippen LogP contribution in [0.4, 0.5) is 11.4 Å². The third-order valence-corrected chi connectivity index (χ3v) is 6.48.